The molecule has 1 saturated carbocycles. The Morgan fingerprint density at radius 1 is 1.08 bits per heavy atom. The largest absolute Gasteiger partial charge is 0.495 e. The van der Waals surface area contributed by atoms with Gasteiger partial charge in [-0.2, -0.15) is 0 Å². The standard InChI is InChI=1S/C22H26ClNO/c1-25-22-15-19(7-8-21(22)23)24-11-9-16(10-12-24)13-18-14-20(18)17-5-3-2-4-6-17/h2-8,15-16,18,20H,9-14H2,1H3. The van der Waals surface area contributed by atoms with Crippen LogP contribution in [0.3, 0.4) is 0 Å². The van der Waals surface area contributed by atoms with Crippen molar-refractivity contribution in [2.45, 2.75) is 31.6 Å². The topological polar surface area (TPSA) is 12.5 Å². The minimum absolute atomic E-state index is 0.682. The van der Waals surface area contributed by atoms with Gasteiger partial charge >= 0.3 is 0 Å². The molecule has 2 atom stereocenters. The lowest BCUT2D eigenvalue weighted by Crippen LogP contribution is -2.33. The smallest absolute Gasteiger partial charge is 0.139 e. The van der Waals surface area contributed by atoms with Gasteiger partial charge in [0.05, 0.1) is 12.1 Å². The van der Waals surface area contributed by atoms with Crippen LogP contribution >= 0.6 is 11.6 Å². The normalized spacial score (nSPS) is 23.5. The van der Waals surface area contributed by atoms with E-state index in [1.54, 1.807) is 7.11 Å². The van der Waals surface area contributed by atoms with E-state index in [9.17, 15) is 0 Å². The monoisotopic (exact) mass is 355 g/mol. The van der Waals surface area contributed by atoms with Crippen LogP contribution in [0.2, 0.25) is 5.02 Å². The molecule has 1 saturated heterocycles. The summed E-state index contributed by atoms with van der Waals surface area (Å²) in [5.74, 6) is 3.38. The van der Waals surface area contributed by atoms with Gasteiger partial charge in [-0.3, -0.25) is 0 Å². The molecular weight excluding hydrogens is 330 g/mol. The zero-order valence-electron chi connectivity index (χ0n) is 14.8. The molecule has 2 nitrogen and oxygen atoms in total. The molecule has 0 amide bonds. The van der Waals surface area contributed by atoms with Crippen LogP contribution in [0.1, 0.15) is 37.2 Å². The Morgan fingerprint density at radius 3 is 2.56 bits per heavy atom. The van der Waals surface area contributed by atoms with Crippen molar-refractivity contribution in [3.8, 4) is 5.75 Å². The van der Waals surface area contributed by atoms with Crippen molar-refractivity contribution in [2.75, 3.05) is 25.1 Å². The predicted molar refractivity (Wildman–Crippen MR) is 105 cm³/mol. The number of rotatable bonds is 5. The molecule has 2 unspecified atom stereocenters. The maximum atomic E-state index is 6.14. The van der Waals surface area contributed by atoms with Crippen LogP contribution in [0.4, 0.5) is 5.69 Å². The lowest BCUT2D eigenvalue weighted by Gasteiger charge is -2.34. The second kappa shape index (κ2) is 7.29. The van der Waals surface area contributed by atoms with Gasteiger partial charge in [-0.1, -0.05) is 41.9 Å². The van der Waals surface area contributed by atoms with E-state index in [-0.39, 0.29) is 0 Å². The summed E-state index contributed by atoms with van der Waals surface area (Å²) in [6.07, 6.45) is 5.38. The van der Waals surface area contributed by atoms with Gasteiger partial charge in [0.2, 0.25) is 0 Å². The van der Waals surface area contributed by atoms with E-state index in [0.29, 0.717) is 5.02 Å². The van der Waals surface area contributed by atoms with Gasteiger partial charge in [-0.15, -0.1) is 0 Å². The number of ether oxygens (including phenoxy) is 1. The lowest BCUT2D eigenvalue weighted by molar-refractivity contribution is 0.361. The highest BCUT2D eigenvalue weighted by Gasteiger charge is 2.39. The molecule has 2 aromatic carbocycles. The number of halogens is 1. The molecule has 0 aromatic heterocycles. The quantitative estimate of drug-likeness (QED) is 0.676. The molecule has 1 aliphatic heterocycles. The Kier molecular flexibility index (Phi) is 4.89. The number of hydrogen-bond acceptors (Lipinski definition) is 2. The SMILES string of the molecule is COc1cc(N2CCC(CC3CC3c3ccccc3)CC2)ccc1Cl. The Bertz CT molecular complexity index is 709. The second-order valence-corrected chi connectivity index (χ2v) is 7.91. The Balaban J connectivity index is 1.29. The van der Waals surface area contributed by atoms with Gasteiger partial charge in [-0.05, 0) is 61.1 Å². The van der Waals surface area contributed by atoms with Crippen LogP contribution in [-0.4, -0.2) is 20.2 Å². The fourth-order valence-corrected chi connectivity index (χ4v) is 4.51. The van der Waals surface area contributed by atoms with E-state index in [1.165, 1.54) is 36.9 Å². The molecule has 132 valence electrons. The van der Waals surface area contributed by atoms with Crippen molar-refractivity contribution in [3.63, 3.8) is 0 Å². The number of benzene rings is 2. The van der Waals surface area contributed by atoms with Crippen molar-refractivity contribution in [1.29, 1.82) is 0 Å². The first-order valence-electron chi connectivity index (χ1n) is 9.38. The molecule has 0 radical (unpaired) electrons. The van der Waals surface area contributed by atoms with Crippen molar-refractivity contribution >= 4 is 17.3 Å². The van der Waals surface area contributed by atoms with Crippen LogP contribution in [0.25, 0.3) is 0 Å². The molecule has 0 spiro atoms. The van der Waals surface area contributed by atoms with Crippen LogP contribution in [-0.2, 0) is 0 Å². The van der Waals surface area contributed by atoms with E-state index in [1.807, 2.05) is 6.07 Å². The Hall–Kier alpha value is -1.67. The summed E-state index contributed by atoms with van der Waals surface area (Å²) in [7, 11) is 1.68. The van der Waals surface area contributed by atoms with Gasteiger partial charge in [0.1, 0.15) is 5.75 Å². The van der Waals surface area contributed by atoms with E-state index < -0.39 is 0 Å². The van der Waals surface area contributed by atoms with Gasteiger partial charge in [-0.25, -0.2) is 0 Å². The van der Waals surface area contributed by atoms with Crippen LogP contribution in [0, 0.1) is 11.8 Å². The maximum Gasteiger partial charge on any atom is 0.139 e. The van der Waals surface area contributed by atoms with Crippen LogP contribution in [0.15, 0.2) is 48.5 Å². The predicted octanol–water partition coefficient (Wildman–Crippen LogP) is 5.76. The summed E-state index contributed by atoms with van der Waals surface area (Å²) < 4.78 is 5.35. The number of hydrogen-bond donors (Lipinski definition) is 0. The summed E-state index contributed by atoms with van der Waals surface area (Å²) in [5, 5.41) is 0.682. The van der Waals surface area contributed by atoms with E-state index in [2.05, 4.69) is 47.4 Å². The fraction of sp³-hybridized carbons (Fsp3) is 0.455. The third-order valence-corrected chi connectivity index (χ3v) is 6.21. The summed E-state index contributed by atoms with van der Waals surface area (Å²) in [4.78, 5) is 2.47. The van der Waals surface area contributed by atoms with E-state index in [0.717, 1.165) is 36.6 Å². The highest BCUT2D eigenvalue weighted by molar-refractivity contribution is 6.32. The molecular formula is C22H26ClNO. The van der Waals surface area contributed by atoms with Gasteiger partial charge in [0.15, 0.2) is 0 Å². The molecule has 4 rings (SSSR count). The molecule has 25 heavy (non-hydrogen) atoms. The van der Waals surface area contributed by atoms with Crippen molar-refractivity contribution < 1.29 is 4.74 Å². The number of nitrogens with zero attached hydrogens (tertiary/aromatic N) is 1. The summed E-state index contributed by atoms with van der Waals surface area (Å²) in [5.41, 5.74) is 2.77. The van der Waals surface area contributed by atoms with Gasteiger partial charge < -0.3 is 9.64 Å². The molecule has 2 aliphatic rings. The molecule has 0 bridgehead atoms. The fourth-order valence-electron chi connectivity index (χ4n) is 4.32. The third kappa shape index (κ3) is 3.79. The van der Waals surface area contributed by atoms with Gasteiger partial charge in [0, 0.05) is 24.8 Å². The van der Waals surface area contributed by atoms with E-state index >= 15 is 0 Å². The lowest BCUT2D eigenvalue weighted by atomic mass is 9.90. The number of methoxy groups -OCH3 is 1. The molecule has 2 fully saturated rings. The zero-order chi connectivity index (χ0) is 17.2. The first kappa shape index (κ1) is 16.8. The van der Waals surface area contributed by atoms with Gasteiger partial charge in [0.25, 0.3) is 0 Å². The molecule has 2 aromatic rings. The highest BCUT2D eigenvalue weighted by atomic mass is 35.5. The zero-order valence-corrected chi connectivity index (χ0v) is 15.6. The third-order valence-electron chi connectivity index (χ3n) is 5.90. The molecule has 1 heterocycles. The molecule has 3 heteroatoms. The van der Waals surface area contributed by atoms with E-state index in [4.69, 9.17) is 16.3 Å². The summed E-state index contributed by atoms with van der Waals surface area (Å²) >= 11 is 6.14. The Labute approximate surface area is 155 Å². The van der Waals surface area contributed by atoms with Crippen molar-refractivity contribution in [1.82, 2.24) is 0 Å². The average molecular weight is 356 g/mol. The van der Waals surface area contributed by atoms with Crippen LogP contribution < -0.4 is 9.64 Å². The maximum absolute atomic E-state index is 6.14. The minimum atomic E-state index is 0.682. The first-order valence-corrected chi connectivity index (χ1v) is 9.76. The van der Waals surface area contributed by atoms with Crippen LogP contribution in [0.5, 0.6) is 5.75 Å². The number of piperidine rings is 1. The second-order valence-electron chi connectivity index (χ2n) is 7.50. The highest BCUT2D eigenvalue weighted by Crippen LogP contribution is 2.51. The average Bonchev–Trinajstić information content (AvgIpc) is 3.43. The molecule has 0 N–H and O–H groups in total. The first-order chi connectivity index (χ1) is 12.2. The van der Waals surface area contributed by atoms with Crippen molar-refractivity contribution in [2.24, 2.45) is 11.8 Å². The number of anilines is 1. The summed E-state index contributed by atoms with van der Waals surface area (Å²) in [6, 6.07) is 17.2. The Morgan fingerprint density at radius 2 is 1.84 bits per heavy atom. The summed E-state index contributed by atoms with van der Waals surface area (Å²) in [6.45, 7) is 2.27. The van der Waals surface area contributed by atoms with Crippen molar-refractivity contribution in [3.05, 3.63) is 59.1 Å². The molecule has 1 aliphatic carbocycles. The minimum Gasteiger partial charge on any atom is -0.495 e.